The summed E-state index contributed by atoms with van der Waals surface area (Å²) in [4.78, 5) is 26.5. The first-order chi connectivity index (χ1) is 17.4. The molecule has 2 amide bonds. The number of nitrogens with zero attached hydrogens (tertiary/aromatic N) is 1. The Labute approximate surface area is 212 Å². The number of aryl methyl sites for hydroxylation is 1. The van der Waals surface area contributed by atoms with E-state index in [1.807, 2.05) is 39.0 Å². The molecule has 0 radical (unpaired) electrons. The van der Waals surface area contributed by atoms with Gasteiger partial charge in [0.05, 0.1) is 19.5 Å². The molecule has 0 atom stereocenters. The van der Waals surface area contributed by atoms with Gasteiger partial charge in [0.25, 0.3) is 0 Å². The van der Waals surface area contributed by atoms with Crippen molar-refractivity contribution in [2.24, 2.45) is 0 Å². The van der Waals surface area contributed by atoms with Crippen LogP contribution >= 0.6 is 0 Å². The van der Waals surface area contributed by atoms with E-state index in [1.165, 1.54) is 0 Å². The molecule has 190 valence electrons. The lowest BCUT2D eigenvalue weighted by atomic mass is 9.96. The zero-order valence-corrected chi connectivity index (χ0v) is 21.4. The van der Waals surface area contributed by atoms with Gasteiger partial charge in [-0.2, -0.15) is 0 Å². The van der Waals surface area contributed by atoms with Crippen molar-refractivity contribution in [3.05, 3.63) is 59.9 Å². The van der Waals surface area contributed by atoms with E-state index in [0.717, 1.165) is 44.5 Å². The number of likely N-dealkylation sites (tertiary alicyclic amines) is 1. The van der Waals surface area contributed by atoms with Crippen molar-refractivity contribution < 1.29 is 23.5 Å². The lowest BCUT2D eigenvalue weighted by molar-refractivity contribution is -0.117. The van der Waals surface area contributed by atoms with Crippen LogP contribution in [0.25, 0.3) is 27.7 Å². The van der Waals surface area contributed by atoms with E-state index in [2.05, 4.69) is 23.5 Å². The minimum absolute atomic E-state index is 0.0152. The number of rotatable bonds is 7. The van der Waals surface area contributed by atoms with Gasteiger partial charge in [-0.25, -0.2) is 4.79 Å². The number of amides is 2. The van der Waals surface area contributed by atoms with Gasteiger partial charge in [-0.3, -0.25) is 4.79 Å². The highest BCUT2D eigenvalue weighted by Crippen LogP contribution is 2.40. The fourth-order valence-electron chi connectivity index (χ4n) is 4.72. The van der Waals surface area contributed by atoms with Gasteiger partial charge in [-0.1, -0.05) is 30.3 Å². The van der Waals surface area contributed by atoms with Crippen LogP contribution in [0.1, 0.15) is 44.7 Å². The molecule has 1 N–H and O–H groups in total. The highest BCUT2D eigenvalue weighted by atomic mass is 16.6. The van der Waals surface area contributed by atoms with Gasteiger partial charge < -0.3 is 24.1 Å². The largest absolute Gasteiger partial charge is 0.493 e. The Morgan fingerprint density at radius 3 is 2.53 bits per heavy atom. The number of ether oxygens (including phenoxy) is 2. The van der Waals surface area contributed by atoms with Crippen LogP contribution in [0.5, 0.6) is 5.75 Å². The second-order valence-corrected chi connectivity index (χ2v) is 9.00. The third-order valence-electron chi connectivity index (χ3n) is 6.56. The van der Waals surface area contributed by atoms with Crippen molar-refractivity contribution in [2.75, 3.05) is 26.3 Å². The second-order valence-electron chi connectivity index (χ2n) is 9.00. The molecular weight excluding hydrogens is 456 g/mol. The Bertz CT molecular complexity index is 1250. The smallest absolute Gasteiger partial charge is 0.409 e. The average molecular weight is 491 g/mol. The van der Waals surface area contributed by atoms with Crippen molar-refractivity contribution in [1.29, 1.82) is 0 Å². The SMILES string of the molecule is CCOC(=O)N1CCC(NC(=O)/C=C(\C)c2cc3c(-c4ccccc4)coc3c(C)c2OCC)CC1. The maximum Gasteiger partial charge on any atom is 0.409 e. The third-order valence-corrected chi connectivity index (χ3v) is 6.56. The van der Waals surface area contributed by atoms with Crippen molar-refractivity contribution in [3.8, 4) is 16.9 Å². The van der Waals surface area contributed by atoms with Crippen LogP contribution in [-0.2, 0) is 9.53 Å². The molecule has 3 aromatic rings. The Balaban J connectivity index is 1.57. The van der Waals surface area contributed by atoms with Crippen LogP contribution in [0.2, 0.25) is 0 Å². The Kier molecular flexibility index (Phi) is 7.98. The van der Waals surface area contributed by atoms with Crippen molar-refractivity contribution in [2.45, 2.75) is 46.6 Å². The van der Waals surface area contributed by atoms with Crippen LogP contribution in [0.4, 0.5) is 4.79 Å². The number of nitrogens with one attached hydrogen (secondary N) is 1. The minimum Gasteiger partial charge on any atom is -0.493 e. The molecule has 0 saturated carbocycles. The van der Waals surface area contributed by atoms with E-state index in [1.54, 1.807) is 24.2 Å². The van der Waals surface area contributed by atoms with Crippen molar-refractivity contribution >= 4 is 28.5 Å². The van der Waals surface area contributed by atoms with Gasteiger partial charge in [-0.05, 0) is 57.7 Å². The lowest BCUT2D eigenvalue weighted by Gasteiger charge is -2.31. The van der Waals surface area contributed by atoms with E-state index in [-0.39, 0.29) is 18.0 Å². The normalized spacial score (nSPS) is 14.7. The summed E-state index contributed by atoms with van der Waals surface area (Å²) in [6.45, 7) is 9.65. The Morgan fingerprint density at radius 1 is 1.14 bits per heavy atom. The summed E-state index contributed by atoms with van der Waals surface area (Å²) in [5.74, 6) is 0.570. The standard InChI is InChI=1S/C29H34N2O5/c1-5-34-27-20(4)28-24(25(18-36-28)21-10-8-7-9-11-21)17-23(27)19(3)16-26(32)30-22-12-14-31(15-13-22)29(33)35-6-2/h7-11,16-18,22H,5-6,12-15H2,1-4H3,(H,30,32)/b19-16+. The van der Waals surface area contributed by atoms with Gasteiger partial charge >= 0.3 is 6.09 Å². The number of piperidine rings is 1. The zero-order chi connectivity index (χ0) is 25.7. The number of furan rings is 1. The van der Waals surface area contributed by atoms with Crippen LogP contribution in [0.15, 0.2) is 53.2 Å². The minimum atomic E-state index is -0.290. The summed E-state index contributed by atoms with van der Waals surface area (Å²) >= 11 is 0. The highest BCUT2D eigenvalue weighted by Gasteiger charge is 2.24. The molecule has 0 unspecified atom stereocenters. The molecule has 0 aliphatic carbocycles. The van der Waals surface area contributed by atoms with Gasteiger partial charge in [0, 0.05) is 47.3 Å². The molecule has 7 heteroatoms. The first kappa shape index (κ1) is 25.4. The molecule has 0 spiro atoms. The van der Waals surface area contributed by atoms with Gasteiger partial charge in [0.15, 0.2) is 0 Å². The summed E-state index contributed by atoms with van der Waals surface area (Å²) in [5.41, 5.74) is 5.44. The van der Waals surface area contributed by atoms with E-state index < -0.39 is 0 Å². The molecule has 1 aromatic heterocycles. The number of allylic oxidation sites excluding steroid dienone is 1. The Hall–Kier alpha value is -3.74. The maximum absolute atomic E-state index is 12.9. The first-order valence-electron chi connectivity index (χ1n) is 12.6. The second kappa shape index (κ2) is 11.3. The number of benzene rings is 2. The molecule has 4 rings (SSSR count). The quantitative estimate of drug-likeness (QED) is 0.414. The zero-order valence-electron chi connectivity index (χ0n) is 21.4. The van der Waals surface area contributed by atoms with E-state index in [9.17, 15) is 9.59 Å². The maximum atomic E-state index is 12.9. The molecule has 1 saturated heterocycles. The molecule has 2 heterocycles. The molecule has 2 aromatic carbocycles. The number of fused-ring (bicyclic) bond motifs is 1. The van der Waals surface area contributed by atoms with Crippen LogP contribution < -0.4 is 10.1 Å². The van der Waals surface area contributed by atoms with E-state index in [4.69, 9.17) is 13.9 Å². The number of hydrogen-bond acceptors (Lipinski definition) is 5. The van der Waals surface area contributed by atoms with Gasteiger partial charge in [-0.15, -0.1) is 0 Å². The Morgan fingerprint density at radius 2 is 1.86 bits per heavy atom. The summed E-state index contributed by atoms with van der Waals surface area (Å²) in [5, 5.41) is 4.08. The summed E-state index contributed by atoms with van der Waals surface area (Å²) in [6, 6.07) is 12.2. The molecule has 1 aliphatic rings. The molecule has 1 fully saturated rings. The van der Waals surface area contributed by atoms with Crippen LogP contribution in [0, 0.1) is 6.92 Å². The summed E-state index contributed by atoms with van der Waals surface area (Å²) < 4.78 is 17.1. The summed E-state index contributed by atoms with van der Waals surface area (Å²) in [7, 11) is 0. The number of hydrogen-bond donors (Lipinski definition) is 1. The molecule has 0 bridgehead atoms. The fourth-order valence-corrected chi connectivity index (χ4v) is 4.72. The third kappa shape index (κ3) is 5.40. The van der Waals surface area contributed by atoms with Crippen molar-refractivity contribution in [1.82, 2.24) is 10.2 Å². The predicted octanol–water partition coefficient (Wildman–Crippen LogP) is 5.95. The van der Waals surface area contributed by atoms with E-state index in [0.29, 0.717) is 39.1 Å². The summed E-state index contributed by atoms with van der Waals surface area (Å²) in [6.07, 6.45) is 4.51. The monoisotopic (exact) mass is 490 g/mol. The molecule has 7 nitrogen and oxygen atoms in total. The van der Waals surface area contributed by atoms with Crippen LogP contribution in [0.3, 0.4) is 0 Å². The lowest BCUT2D eigenvalue weighted by Crippen LogP contribution is -2.46. The predicted molar refractivity (Wildman–Crippen MR) is 141 cm³/mol. The van der Waals surface area contributed by atoms with E-state index >= 15 is 0 Å². The molecular formula is C29H34N2O5. The fraction of sp³-hybridized carbons (Fsp3) is 0.379. The van der Waals surface area contributed by atoms with Gasteiger partial charge in [0.2, 0.25) is 5.91 Å². The topological polar surface area (TPSA) is 81.0 Å². The van der Waals surface area contributed by atoms with Crippen LogP contribution in [-0.4, -0.2) is 49.2 Å². The van der Waals surface area contributed by atoms with Gasteiger partial charge in [0.1, 0.15) is 11.3 Å². The average Bonchev–Trinajstić information content (AvgIpc) is 3.31. The molecule has 36 heavy (non-hydrogen) atoms. The first-order valence-corrected chi connectivity index (χ1v) is 12.6. The number of carbonyl (C=O) groups is 2. The highest BCUT2D eigenvalue weighted by molar-refractivity contribution is 6.01. The molecule has 1 aliphatic heterocycles. The number of carbonyl (C=O) groups excluding carboxylic acids is 2. The van der Waals surface area contributed by atoms with Crippen molar-refractivity contribution in [3.63, 3.8) is 0 Å².